The molecule has 3 heterocycles. The summed E-state index contributed by atoms with van der Waals surface area (Å²) in [5, 5.41) is 25.3. The van der Waals surface area contributed by atoms with Crippen LogP contribution in [0, 0.1) is 5.92 Å². The van der Waals surface area contributed by atoms with Crippen molar-refractivity contribution in [3.05, 3.63) is 46.5 Å². The molecule has 1 aromatic carbocycles. The van der Waals surface area contributed by atoms with Crippen LogP contribution >= 0.6 is 11.6 Å². The molecule has 214 valence electrons. The average molecular weight is 565 g/mol. The van der Waals surface area contributed by atoms with Crippen LogP contribution in [0.2, 0.25) is 5.02 Å². The van der Waals surface area contributed by atoms with Gasteiger partial charge in [0.05, 0.1) is 31.4 Å². The predicted molar refractivity (Wildman–Crippen MR) is 145 cm³/mol. The number of carbonyl (C=O) groups excluding carboxylic acids is 2. The molecule has 3 aliphatic heterocycles. The number of fused-ring (bicyclic) bond motifs is 5. The number of nitrogens with zero attached hydrogens (tertiary/aromatic N) is 1. The highest BCUT2D eigenvalue weighted by atomic mass is 35.5. The maximum atomic E-state index is 13.3. The van der Waals surface area contributed by atoms with Crippen molar-refractivity contribution in [2.24, 2.45) is 5.92 Å². The number of hydrogen-bond donors (Lipinski definition) is 3. The molecule has 4 bridgehead atoms. The van der Waals surface area contributed by atoms with Gasteiger partial charge in [-0.05, 0) is 38.0 Å². The van der Waals surface area contributed by atoms with Crippen molar-refractivity contribution in [3.8, 4) is 5.75 Å². The quantitative estimate of drug-likeness (QED) is 0.467. The van der Waals surface area contributed by atoms with Crippen molar-refractivity contribution >= 4 is 29.3 Å². The molecule has 0 aromatic heterocycles. The minimum absolute atomic E-state index is 0.0310. The number of ether oxygens (including phenoxy) is 4. The van der Waals surface area contributed by atoms with Crippen molar-refractivity contribution in [2.75, 3.05) is 26.2 Å². The SMILES string of the molecule is COc1cc2cc(c1Cl)N(C)C(=O)C[C@@H](O)[C@]1(C)O[C@@H]1[C@H](C)[C@H]1C[C@@](O)(NC(=O)O1)[C@H](OC)/C=C/C=C(/C)C2. The fourth-order valence-corrected chi connectivity index (χ4v) is 5.78. The molecule has 0 spiro atoms. The minimum Gasteiger partial charge on any atom is -0.495 e. The number of hydrogen-bond acceptors (Lipinski definition) is 8. The Bertz CT molecular complexity index is 1190. The van der Waals surface area contributed by atoms with E-state index in [2.05, 4.69) is 5.32 Å². The van der Waals surface area contributed by atoms with E-state index < -0.39 is 47.8 Å². The van der Waals surface area contributed by atoms with Gasteiger partial charge in [-0.1, -0.05) is 42.3 Å². The zero-order chi connectivity index (χ0) is 28.7. The lowest BCUT2D eigenvalue weighted by Crippen LogP contribution is -2.63. The summed E-state index contributed by atoms with van der Waals surface area (Å²) < 4.78 is 22.4. The Kier molecular flexibility index (Phi) is 8.35. The second kappa shape index (κ2) is 11.1. The van der Waals surface area contributed by atoms with Crippen molar-refractivity contribution in [3.63, 3.8) is 0 Å². The zero-order valence-corrected chi connectivity index (χ0v) is 23.8. The highest BCUT2D eigenvalue weighted by Crippen LogP contribution is 2.48. The van der Waals surface area contributed by atoms with E-state index in [-0.39, 0.29) is 23.8 Å². The molecule has 1 aromatic rings. The topological polar surface area (TPSA) is 130 Å². The van der Waals surface area contributed by atoms with E-state index in [1.165, 1.54) is 19.1 Å². The molecule has 2 fully saturated rings. The van der Waals surface area contributed by atoms with Crippen molar-refractivity contribution < 1.29 is 38.7 Å². The lowest BCUT2D eigenvalue weighted by Gasteiger charge is -2.42. The molecule has 2 amide bonds. The third-order valence-corrected chi connectivity index (χ3v) is 8.36. The molecule has 0 aliphatic carbocycles. The van der Waals surface area contributed by atoms with Crippen LogP contribution in [0.15, 0.2) is 35.9 Å². The minimum atomic E-state index is -1.73. The van der Waals surface area contributed by atoms with Crippen LogP contribution in [-0.2, 0) is 25.4 Å². The van der Waals surface area contributed by atoms with Crippen molar-refractivity contribution in [1.29, 1.82) is 0 Å². The van der Waals surface area contributed by atoms with Gasteiger partial charge in [0.25, 0.3) is 0 Å². The van der Waals surface area contributed by atoms with Crippen molar-refractivity contribution in [1.82, 2.24) is 5.32 Å². The van der Waals surface area contributed by atoms with Gasteiger partial charge in [0.2, 0.25) is 5.91 Å². The van der Waals surface area contributed by atoms with E-state index in [1.54, 1.807) is 26.1 Å². The summed E-state index contributed by atoms with van der Waals surface area (Å²) in [6, 6.07) is 3.63. The number of aliphatic hydroxyl groups excluding tert-OH is 1. The molecule has 0 unspecified atom stereocenters. The normalized spacial score (nSPS) is 37.6. The molecule has 0 saturated carbocycles. The van der Waals surface area contributed by atoms with Gasteiger partial charge in [-0.15, -0.1) is 0 Å². The Hall–Kier alpha value is -2.63. The fraction of sp³-hybridized carbons (Fsp3) is 0.571. The standard InChI is InChI=1S/C28H37ClN2O8/c1-15-8-7-9-22(37-6)28(35)14-20(38-26(34)30-28)16(2)25-27(3,39-25)21(32)13-23(33)31(4)18-11-17(10-15)12-19(36-5)24(18)29/h7-9,11-12,16,20-22,25,32,35H,10,13-14H2,1-6H3,(H,30,34)/b9-7+,15-8-/t16-,20-,21-,22-,25-,27+,28+/m1/s1. The number of aliphatic hydroxyl groups is 2. The second-order valence-corrected chi connectivity index (χ2v) is 11.2. The number of allylic oxidation sites excluding steroid dienone is 3. The molecule has 11 heteroatoms. The molecular formula is C28H37ClN2O8. The van der Waals surface area contributed by atoms with Crippen LogP contribution in [-0.4, -0.2) is 79.2 Å². The van der Waals surface area contributed by atoms with Gasteiger partial charge in [-0.3, -0.25) is 10.1 Å². The average Bonchev–Trinajstić information content (AvgIpc) is 3.58. The number of benzene rings is 1. The second-order valence-electron chi connectivity index (χ2n) is 10.8. The number of halogens is 1. The molecule has 3 aliphatic rings. The summed E-state index contributed by atoms with van der Waals surface area (Å²) in [5.41, 5.74) is -0.479. The first kappa shape index (κ1) is 29.4. The summed E-state index contributed by atoms with van der Waals surface area (Å²) in [6.45, 7) is 5.48. The van der Waals surface area contributed by atoms with Gasteiger partial charge in [0, 0.05) is 26.5 Å². The van der Waals surface area contributed by atoms with Gasteiger partial charge in [0.15, 0.2) is 5.72 Å². The van der Waals surface area contributed by atoms with E-state index in [4.69, 9.17) is 30.5 Å². The molecule has 2 saturated heterocycles. The lowest BCUT2D eigenvalue weighted by molar-refractivity contribution is -0.142. The highest BCUT2D eigenvalue weighted by molar-refractivity contribution is 6.35. The maximum Gasteiger partial charge on any atom is 0.409 e. The number of anilines is 1. The maximum absolute atomic E-state index is 13.3. The molecule has 0 radical (unpaired) electrons. The Labute approximate surface area is 233 Å². The largest absolute Gasteiger partial charge is 0.495 e. The van der Waals surface area contributed by atoms with Gasteiger partial charge in [0.1, 0.15) is 28.6 Å². The first-order valence-corrected chi connectivity index (χ1v) is 13.3. The van der Waals surface area contributed by atoms with Crippen LogP contribution in [0.5, 0.6) is 5.75 Å². The number of epoxide rings is 1. The van der Waals surface area contributed by atoms with Gasteiger partial charge in [-0.25, -0.2) is 4.79 Å². The van der Waals surface area contributed by atoms with E-state index in [0.29, 0.717) is 17.9 Å². The van der Waals surface area contributed by atoms with Gasteiger partial charge in [-0.2, -0.15) is 0 Å². The smallest absolute Gasteiger partial charge is 0.409 e. The van der Waals surface area contributed by atoms with Gasteiger partial charge < -0.3 is 34.1 Å². The zero-order valence-electron chi connectivity index (χ0n) is 23.1. The predicted octanol–water partition coefficient (Wildman–Crippen LogP) is 3.12. The molecule has 3 N–H and O–H groups in total. The van der Waals surface area contributed by atoms with Crippen molar-refractivity contribution in [2.45, 2.75) is 75.8 Å². The number of rotatable bonds is 2. The molecule has 7 atom stereocenters. The lowest BCUT2D eigenvalue weighted by atomic mass is 9.84. The van der Waals surface area contributed by atoms with E-state index in [0.717, 1.165) is 11.1 Å². The van der Waals surface area contributed by atoms with Crippen LogP contribution in [0.25, 0.3) is 0 Å². The number of amides is 2. The molecular weight excluding hydrogens is 528 g/mol. The van der Waals surface area contributed by atoms with Crippen LogP contribution in [0.4, 0.5) is 10.5 Å². The number of alkyl carbamates (subject to hydrolysis) is 1. The first-order valence-electron chi connectivity index (χ1n) is 12.9. The number of nitrogens with one attached hydrogen (secondary N) is 1. The Morgan fingerprint density at radius 1 is 1.26 bits per heavy atom. The molecule has 10 nitrogen and oxygen atoms in total. The number of carbonyl (C=O) groups is 2. The van der Waals surface area contributed by atoms with Crippen LogP contribution in [0.3, 0.4) is 0 Å². The summed E-state index contributed by atoms with van der Waals surface area (Å²) >= 11 is 6.58. The third-order valence-electron chi connectivity index (χ3n) is 7.98. The Morgan fingerprint density at radius 2 is 1.97 bits per heavy atom. The van der Waals surface area contributed by atoms with E-state index >= 15 is 0 Å². The highest BCUT2D eigenvalue weighted by Gasteiger charge is 2.62. The molecule has 39 heavy (non-hydrogen) atoms. The van der Waals surface area contributed by atoms with Gasteiger partial charge >= 0.3 is 6.09 Å². The summed E-state index contributed by atoms with van der Waals surface area (Å²) in [5.74, 6) is -0.323. The first-order chi connectivity index (χ1) is 18.3. The Balaban J connectivity index is 1.74. The van der Waals surface area contributed by atoms with E-state index in [9.17, 15) is 19.8 Å². The fourth-order valence-electron chi connectivity index (χ4n) is 5.46. The van der Waals surface area contributed by atoms with Crippen LogP contribution in [0.1, 0.15) is 39.2 Å². The Morgan fingerprint density at radius 3 is 2.64 bits per heavy atom. The number of methoxy groups -OCH3 is 2. The monoisotopic (exact) mass is 564 g/mol. The summed E-state index contributed by atoms with van der Waals surface area (Å²) in [7, 11) is 4.56. The summed E-state index contributed by atoms with van der Waals surface area (Å²) in [6.07, 6.45) is 1.63. The summed E-state index contributed by atoms with van der Waals surface area (Å²) in [4.78, 5) is 27.1. The molecule has 4 rings (SSSR count). The third kappa shape index (κ3) is 5.81. The van der Waals surface area contributed by atoms with Crippen LogP contribution < -0.4 is 15.0 Å². The van der Waals surface area contributed by atoms with E-state index in [1.807, 2.05) is 32.1 Å².